The third-order valence-electron chi connectivity index (χ3n) is 3.62. The summed E-state index contributed by atoms with van der Waals surface area (Å²) >= 11 is 6.16. The molecular weight excluding hydrogens is 336 g/mol. The molecule has 1 heterocycles. The van der Waals surface area contributed by atoms with E-state index in [-0.39, 0.29) is 0 Å². The summed E-state index contributed by atoms with van der Waals surface area (Å²) in [4.78, 5) is 6.46. The number of nitrogens with one attached hydrogen (secondary N) is 2. The summed E-state index contributed by atoms with van der Waals surface area (Å²) in [5, 5.41) is 15.1. The number of benzene rings is 2. The van der Waals surface area contributed by atoms with Crippen molar-refractivity contribution in [3.05, 3.63) is 65.3 Å². The summed E-state index contributed by atoms with van der Waals surface area (Å²) in [5.41, 5.74) is 3.02. The van der Waals surface area contributed by atoms with E-state index in [9.17, 15) is 0 Å². The lowest BCUT2D eigenvalue weighted by molar-refractivity contribution is 0.966. The molecule has 1 aromatic heterocycles. The molecular formula is C18H19ClN6. The lowest BCUT2D eigenvalue weighted by Crippen LogP contribution is -2.08. The lowest BCUT2D eigenvalue weighted by atomic mass is 10.2. The first kappa shape index (κ1) is 17.0. The molecule has 3 aromatic rings. The molecule has 128 valence electrons. The normalized spacial score (nSPS) is 10.4. The highest BCUT2D eigenvalue weighted by Crippen LogP contribution is 2.19. The summed E-state index contributed by atoms with van der Waals surface area (Å²) in [7, 11) is 4.01. The highest BCUT2D eigenvalue weighted by Gasteiger charge is 2.04. The van der Waals surface area contributed by atoms with Gasteiger partial charge in [0.1, 0.15) is 0 Å². The third kappa shape index (κ3) is 4.58. The molecule has 0 amide bonds. The average molecular weight is 355 g/mol. The van der Waals surface area contributed by atoms with E-state index in [1.165, 1.54) is 0 Å². The smallest absolute Gasteiger partial charge is 0.249 e. The van der Waals surface area contributed by atoms with Gasteiger partial charge in [0.25, 0.3) is 0 Å². The molecule has 0 radical (unpaired) electrons. The molecule has 0 aliphatic carbocycles. The van der Waals surface area contributed by atoms with Crippen molar-refractivity contribution in [2.45, 2.75) is 6.54 Å². The minimum absolute atomic E-state index is 0.432. The van der Waals surface area contributed by atoms with E-state index in [1.807, 2.05) is 67.5 Å². The van der Waals surface area contributed by atoms with Gasteiger partial charge >= 0.3 is 0 Å². The van der Waals surface area contributed by atoms with Crippen LogP contribution in [0.3, 0.4) is 0 Å². The highest BCUT2D eigenvalue weighted by atomic mass is 35.5. The Morgan fingerprint density at radius 3 is 2.52 bits per heavy atom. The van der Waals surface area contributed by atoms with Gasteiger partial charge in [-0.25, -0.2) is 0 Å². The fourth-order valence-corrected chi connectivity index (χ4v) is 2.44. The Kier molecular flexibility index (Phi) is 5.30. The molecule has 0 saturated heterocycles. The van der Waals surface area contributed by atoms with Crippen LogP contribution in [0.1, 0.15) is 5.56 Å². The van der Waals surface area contributed by atoms with E-state index < -0.39 is 0 Å². The standard InChI is InChI=1S/C18H19ClN6/c1-25(2)15-9-7-14(8-10-15)22-18-23-17(12-21-24-18)20-11-13-5-3-4-6-16(13)19/h3-10,12H,11H2,1-2H3,(H2,20,22,23,24). The number of hydrogen-bond acceptors (Lipinski definition) is 6. The molecule has 0 aliphatic heterocycles. The number of rotatable bonds is 6. The molecule has 6 nitrogen and oxygen atoms in total. The van der Waals surface area contributed by atoms with Gasteiger partial charge in [0.2, 0.25) is 5.95 Å². The summed E-state index contributed by atoms with van der Waals surface area (Å²) in [6.07, 6.45) is 1.58. The first-order valence-electron chi connectivity index (χ1n) is 7.83. The van der Waals surface area contributed by atoms with Gasteiger partial charge in [-0.15, -0.1) is 5.10 Å². The second kappa shape index (κ2) is 7.81. The minimum Gasteiger partial charge on any atom is -0.378 e. The predicted octanol–water partition coefficient (Wildman–Crippen LogP) is 3.95. The number of aromatic nitrogens is 3. The highest BCUT2D eigenvalue weighted by molar-refractivity contribution is 6.31. The Morgan fingerprint density at radius 1 is 1.04 bits per heavy atom. The van der Waals surface area contributed by atoms with Crippen LogP contribution >= 0.6 is 11.6 Å². The maximum absolute atomic E-state index is 6.16. The van der Waals surface area contributed by atoms with Gasteiger partial charge < -0.3 is 15.5 Å². The Bertz CT molecular complexity index is 835. The zero-order valence-electron chi connectivity index (χ0n) is 14.1. The SMILES string of the molecule is CN(C)c1ccc(Nc2nncc(NCc3ccccc3Cl)n2)cc1. The van der Waals surface area contributed by atoms with Gasteiger partial charge in [-0.2, -0.15) is 10.1 Å². The molecule has 3 rings (SSSR count). The van der Waals surface area contributed by atoms with Crippen LogP contribution in [0, 0.1) is 0 Å². The first-order chi connectivity index (χ1) is 12.1. The van der Waals surface area contributed by atoms with Crippen molar-refractivity contribution in [3.8, 4) is 0 Å². The largest absolute Gasteiger partial charge is 0.378 e. The van der Waals surface area contributed by atoms with Crippen LogP contribution in [0.25, 0.3) is 0 Å². The topological polar surface area (TPSA) is 66.0 Å². The van der Waals surface area contributed by atoms with Crippen molar-refractivity contribution in [2.24, 2.45) is 0 Å². The van der Waals surface area contributed by atoms with E-state index in [0.717, 1.165) is 22.0 Å². The van der Waals surface area contributed by atoms with Crippen molar-refractivity contribution in [1.29, 1.82) is 0 Å². The van der Waals surface area contributed by atoms with E-state index in [0.29, 0.717) is 18.3 Å². The van der Waals surface area contributed by atoms with E-state index in [2.05, 4.69) is 25.8 Å². The van der Waals surface area contributed by atoms with Crippen molar-refractivity contribution in [3.63, 3.8) is 0 Å². The molecule has 2 aromatic carbocycles. The Morgan fingerprint density at radius 2 is 1.80 bits per heavy atom. The first-order valence-corrected chi connectivity index (χ1v) is 8.21. The Balaban J connectivity index is 1.66. The third-order valence-corrected chi connectivity index (χ3v) is 3.99. The molecule has 0 spiro atoms. The quantitative estimate of drug-likeness (QED) is 0.698. The molecule has 25 heavy (non-hydrogen) atoms. The van der Waals surface area contributed by atoms with Gasteiger partial charge in [-0.3, -0.25) is 0 Å². The van der Waals surface area contributed by atoms with E-state index in [1.54, 1.807) is 6.20 Å². The average Bonchev–Trinajstić information content (AvgIpc) is 2.62. The van der Waals surface area contributed by atoms with Gasteiger partial charge in [-0.1, -0.05) is 29.8 Å². The van der Waals surface area contributed by atoms with Crippen LogP contribution in [0.4, 0.5) is 23.1 Å². The zero-order chi connectivity index (χ0) is 17.6. The second-order valence-electron chi connectivity index (χ2n) is 5.68. The van der Waals surface area contributed by atoms with E-state index in [4.69, 9.17) is 11.6 Å². The van der Waals surface area contributed by atoms with Crippen LogP contribution in [0.2, 0.25) is 5.02 Å². The zero-order valence-corrected chi connectivity index (χ0v) is 14.8. The monoisotopic (exact) mass is 354 g/mol. The fraction of sp³-hybridized carbons (Fsp3) is 0.167. The molecule has 0 unspecified atom stereocenters. The Hall–Kier alpha value is -2.86. The van der Waals surface area contributed by atoms with Crippen LogP contribution in [-0.4, -0.2) is 29.3 Å². The maximum Gasteiger partial charge on any atom is 0.249 e. The van der Waals surface area contributed by atoms with Crippen molar-refractivity contribution < 1.29 is 0 Å². The predicted molar refractivity (Wildman–Crippen MR) is 103 cm³/mol. The second-order valence-corrected chi connectivity index (χ2v) is 6.08. The number of halogens is 1. The summed E-state index contributed by atoms with van der Waals surface area (Å²) in [6.45, 7) is 0.565. The maximum atomic E-state index is 6.16. The van der Waals surface area contributed by atoms with Crippen LogP contribution in [-0.2, 0) is 6.54 Å². The lowest BCUT2D eigenvalue weighted by Gasteiger charge is -2.13. The minimum atomic E-state index is 0.432. The molecule has 7 heteroatoms. The van der Waals surface area contributed by atoms with Crippen molar-refractivity contribution in [1.82, 2.24) is 15.2 Å². The van der Waals surface area contributed by atoms with Crippen molar-refractivity contribution >= 4 is 34.7 Å². The molecule has 0 atom stereocenters. The van der Waals surface area contributed by atoms with Crippen molar-refractivity contribution in [2.75, 3.05) is 29.6 Å². The molecule has 0 saturated carbocycles. The summed E-state index contributed by atoms with van der Waals surface area (Å²) in [5.74, 6) is 1.06. The van der Waals surface area contributed by atoms with Crippen LogP contribution < -0.4 is 15.5 Å². The molecule has 2 N–H and O–H groups in total. The van der Waals surface area contributed by atoms with E-state index >= 15 is 0 Å². The molecule has 0 aliphatic rings. The number of hydrogen-bond donors (Lipinski definition) is 2. The molecule has 0 bridgehead atoms. The Labute approximate surface area is 151 Å². The van der Waals surface area contributed by atoms with Gasteiger partial charge in [0.05, 0.1) is 6.20 Å². The van der Waals surface area contributed by atoms with Crippen LogP contribution in [0.5, 0.6) is 0 Å². The summed E-state index contributed by atoms with van der Waals surface area (Å²) in [6, 6.07) is 15.7. The number of anilines is 4. The molecule has 0 fully saturated rings. The van der Waals surface area contributed by atoms with Crippen LogP contribution in [0.15, 0.2) is 54.7 Å². The number of nitrogens with zero attached hydrogens (tertiary/aromatic N) is 4. The summed E-state index contributed by atoms with van der Waals surface area (Å²) < 4.78 is 0. The van der Waals surface area contributed by atoms with Gasteiger partial charge in [-0.05, 0) is 35.9 Å². The van der Waals surface area contributed by atoms with Gasteiger partial charge in [0, 0.05) is 37.0 Å². The van der Waals surface area contributed by atoms with Gasteiger partial charge in [0.15, 0.2) is 5.82 Å². The fourth-order valence-electron chi connectivity index (χ4n) is 2.24.